The fourth-order valence-corrected chi connectivity index (χ4v) is 3.16. The molecule has 3 amide bonds. The summed E-state index contributed by atoms with van der Waals surface area (Å²) in [6, 6.07) is 7.44. The standard InChI is InChI=1S/C16H20ClN5O2/c17-12-3-1-11(2-4-12)5-8-19-15(24)22-9-6-16(7-10-22)13(23)20-14(18)21-16/h1-4H,5-10H2,(H,19,24)(H3,18,20,21,23). The molecule has 1 fully saturated rings. The summed E-state index contributed by atoms with van der Waals surface area (Å²) in [5.74, 6) is 0.00339. The van der Waals surface area contributed by atoms with Gasteiger partial charge in [-0.3, -0.25) is 10.1 Å². The number of halogens is 1. The zero-order valence-corrected chi connectivity index (χ0v) is 14.0. The van der Waals surface area contributed by atoms with Gasteiger partial charge in [-0.05, 0) is 37.0 Å². The quantitative estimate of drug-likeness (QED) is 0.755. The lowest BCUT2D eigenvalue weighted by atomic mass is 9.88. The number of benzene rings is 1. The maximum absolute atomic E-state index is 12.2. The predicted octanol–water partition coefficient (Wildman–Crippen LogP) is 0.871. The third-order valence-corrected chi connectivity index (χ3v) is 4.73. The molecule has 2 aliphatic rings. The van der Waals surface area contributed by atoms with E-state index in [-0.39, 0.29) is 17.9 Å². The van der Waals surface area contributed by atoms with E-state index in [9.17, 15) is 9.59 Å². The Kier molecular flexibility index (Phi) is 4.62. The third-order valence-electron chi connectivity index (χ3n) is 4.48. The molecule has 0 saturated carbocycles. The largest absolute Gasteiger partial charge is 0.370 e. The number of guanidine groups is 1. The van der Waals surface area contributed by atoms with Crippen molar-refractivity contribution in [1.29, 1.82) is 0 Å². The number of carbonyl (C=O) groups is 2. The number of nitrogens with zero attached hydrogens (tertiary/aromatic N) is 2. The van der Waals surface area contributed by atoms with Crippen molar-refractivity contribution in [2.75, 3.05) is 19.6 Å². The number of nitrogens with two attached hydrogens (primary N) is 1. The van der Waals surface area contributed by atoms with Gasteiger partial charge in [0.2, 0.25) is 0 Å². The Morgan fingerprint density at radius 1 is 1.33 bits per heavy atom. The number of hydrogen-bond donors (Lipinski definition) is 3. The lowest BCUT2D eigenvalue weighted by molar-refractivity contribution is -0.125. The maximum Gasteiger partial charge on any atom is 0.317 e. The van der Waals surface area contributed by atoms with Gasteiger partial charge in [-0.25, -0.2) is 9.79 Å². The second-order valence-electron chi connectivity index (χ2n) is 6.08. The Balaban J connectivity index is 1.45. The minimum Gasteiger partial charge on any atom is -0.370 e. The highest BCUT2D eigenvalue weighted by atomic mass is 35.5. The van der Waals surface area contributed by atoms with Crippen molar-refractivity contribution >= 4 is 29.5 Å². The number of hydrogen-bond acceptors (Lipinski definition) is 4. The van der Waals surface area contributed by atoms with E-state index in [1.54, 1.807) is 4.90 Å². The molecule has 0 radical (unpaired) electrons. The first-order valence-corrected chi connectivity index (χ1v) is 8.30. The first-order valence-electron chi connectivity index (χ1n) is 7.92. The molecule has 1 aromatic rings. The molecule has 0 bridgehead atoms. The van der Waals surface area contributed by atoms with Crippen LogP contribution in [0.2, 0.25) is 5.02 Å². The second kappa shape index (κ2) is 6.68. The molecule has 1 spiro atoms. The van der Waals surface area contributed by atoms with Gasteiger partial charge in [0.25, 0.3) is 5.91 Å². The molecule has 1 saturated heterocycles. The van der Waals surface area contributed by atoms with Crippen LogP contribution in [0.3, 0.4) is 0 Å². The minimum absolute atomic E-state index is 0.117. The van der Waals surface area contributed by atoms with Crippen LogP contribution in [-0.2, 0) is 11.2 Å². The Morgan fingerprint density at radius 3 is 2.58 bits per heavy atom. The van der Waals surface area contributed by atoms with Crippen molar-refractivity contribution in [3.8, 4) is 0 Å². The topological polar surface area (TPSA) is 99.8 Å². The van der Waals surface area contributed by atoms with E-state index in [0.717, 1.165) is 12.0 Å². The number of rotatable bonds is 3. The van der Waals surface area contributed by atoms with E-state index >= 15 is 0 Å². The first-order chi connectivity index (χ1) is 11.5. The van der Waals surface area contributed by atoms with Gasteiger partial charge in [0.1, 0.15) is 5.54 Å². The molecule has 128 valence electrons. The number of aliphatic imine (C=N–C) groups is 1. The number of urea groups is 1. The Labute approximate surface area is 145 Å². The second-order valence-corrected chi connectivity index (χ2v) is 6.51. The van der Waals surface area contributed by atoms with Crippen molar-refractivity contribution < 1.29 is 9.59 Å². The van der Waals surface area contributed by atoms with Crippen molar-refractivity contribution in [1.82, 2.24) is 15.5 Å². The molecular weight excluding hydrogens is 330 g/mol. The predicted molar refractivity (Wildman–Crippen MR) is 91.9 cm³/mol. The molecule has 1 aromatic carbocycles. The third kappa shape index (κ3) is 3.46. The van der Waals surface area contributed by atoms with E-state index in [4.69, 9.17) is 17.3 Å². The van der Waals surface area contributed by atoms with Crippen molar-refractivity contribution in [3.63, 3.8) is 0 Å². The molecule has 0 aromatic heterocycles. The lowest BCUT2D eigenvalue weighted by Crippen LogP contribution is -2.52. The molecule has 4 N–H and O–H groups in total. The number of likely N-dealkylation sites (tertiary alicyclic amines) is 1. The summed E-state index contributed by atoms with van der Waals surface area (Å²) in [7, 11) is 0. The van der Waals surface area contributed by atoms with Crippen LogP contribution in [0.5, 0.6) is 0 Å². The summed E-state index contributed by atoms with van der Waals surface area (Å²) in [4.78, 5) is 30.1. The van der Waals surface area contributed by atoms with E-state index in [1.807, 2.05) is 24.3 Å². The summed E-state index contributed by atoms with van der Waals surface area (Å²) in [6.45, 7) is 1.52. The van der Waals surface area contributed by atoms with E-state index in [1.165, 1.54) is 0 Å². The van der Waals surface area contributed by atoms with Crippen LogP contribution in [0.1, 0.15) is 18.4 Å². The molecule has 2 heterocycles. The van der Waals surface area contributed by atoms with E-state index in [0.29, 0.717) is 37.5 Å². The Bertz CT molecular complexity index is 666. The molecule has 24 heavy (non-hydrogen) atoms. The van der Waals surface area contributed by atoms with Gasteiger partial charge in [-0.15, -0.1) is 0 Å². The highest BCUT2D eigenvalue weighted by Crippen LogP contribution is 2.29. The van der Waals surface area contributed by atoms with E-state index in [2.05, 4.69) is 15.6 Å². The van der Waals surface area contributed by atoms with Gasteiger partial charge in [-0.2, -0.15) is 0 Å². The summed E-state index contributed by atoms with van der Waals surface area (Å²) >= 11 is 5.85. The average molecular weight is 350 g/mol. The van der Waals surface area contributed by atoms with Crippen LogP contribution < -0.4 is 16.4 Å². The maximum atomic E-state index is 12.2. The Hall–Kier alpha value is -2.28. The van der Waals surface area contributed by atoms with Gasteiger partial charge in [0.05, 0.1) is 0 Å². The fourth-order valence-electron chi connectivity index (χ4n) is 3.04. The highest BCUT2D eigenvalue weighted by Gasteiger charge is 2.45. The normalized spacial score (nSPS) is 19.1. The number of carbonyl (C=O) groups excluding carboxylic acids is 2. The average Bonchev–Trinajstić information content (AvgIpc) is 2.83. The van der Waals surface area contributed by atoms with Gasteiger partial charge in [-0.1, -0.05) is 23.7 Å². The lowest BCUT2D eigenvalue weighted by Gasteiger charge is -2.35. The number of piperidine rings is 1. The van der Waals surface area contributed by atoms with Gasteiger partial charge in [0, 0.05) is 24.7 Å². The van der Waals surface area contributed by atoms with Crippen LogP contribution in [0, 0.1) is 0 Å². The van der Waals surface area contributed by atoms with Gasteiger partial charge < -0.3 is 16.0 Å². The molecule has 3 rings (SSSR count). The number of nitrogens with one attached hydrogen (secondary N) is 2. The molecule has 8 heteroatoms. The van der Waals surface area contributed by atoms with Crippen molar-refractivity contribution in [3.05, 3.63) is 34.9 Å². The zero-order chi connectivity index (χ0) is 17.2. The molecule has 7 nitrogen and oxygen atoms in total. The zero-order valence-electron chi connectivity index (χ0n) is 13.2. The van der Waals surface area contributed by atoms with Crippen LogP contribution in [0.25, 0.3) is 0 Å². The van der Waals surface area contributed by atoms with Gasteiger partial charge >= 0.3 is 6.03 Å². The van der Waals surface area contributed by atoms with Crippen molar-refractivity contribution in [2.45, 2.75) is 24.8 Å². The van der Waals surface area contributed by atoms with Gasteiger partial charge in [0.15, 0.2) is 5.96 Å². The SMILES string of the molecule is NC1=NC2(CCN(C(=O)NCCc3ccc(Cl)cc3)CC2)C(=O)N1. The molecule has 0 aliphatic carbocycles. The summed E-state index contributed by atoms with van der Waals surface area (Å²) in [5, 5.41) is 6.14. The smallest absolute Gasteiger partial charge is 0.317 e. The summed E-state index contributed by atoms with van der Waals surface area (Å²) in [6.07, 6.45) is 1.72. The van der Waals surface area contributed by atoms with Crippen LogP contribution in [0.15, 0.2) is 29.3 Å². The molecular formula is C16H20ClN5O2. The number of amides is 3. The minimum atomic E-state index is -0.788. The van der Waals surface area contributed by atoms with Crippen molar-refractivity contribution in [2.24, 2.45) is 10.7 Å². The summed E-state index contributed by atoms with van der Waals surface area (Å²) < 4.78 is 0. The fraction of sp³-hybridized carbons (Fsp3) is 0.438. The highest BCUT2D eigenvalue weighted by molar-refractivity contribution is 6.30. The molecule has 0 atom stereocenters. The Morgan fingerprint density at radius 2 is 2.00 bits per heavy atom. The molecule has 2 aliphatic heterocycles. The molecule has 0 unspecified atom stereocenters. The van der Waals surface area contributed by atoms with Crippen LogP contribution >= 0.6 is 11.6 Å². The summed E-state index contributed by atoms with van der Waals surface area (Å²) in [5.41, 5.74) is 5.90. The van der Waals surface area contributed by atoms with Crippen LogP contribution in [0.4, 0.5) is 4.79 Å². The van der Waals surface area contributed by atoms with Crippen LogP contribution in [-0.4, -0.2) is 48.0 Å². The monoisotopic (exact) mass is 349 g/mol. The van der Waals surface area contributed by atoms with E-state index < -0.39 is 5.54 Å². The first kappa shape index (κ1) is 16.6.